The Kier molecular flexibility index (Phi) is 2.64. The molecule has 19 heavy (non-hydrogen) atoms. The summed E-state index contributed by atoms with van der Waals surface area (Å²) < 4.78 is 1.68. The van der Waals surface area contributed by atoms with Crippen molar-refractivity contribution in [2.75, 3.05) is 0 Å². The number of hydrogen-bond donors (Lipinski definition) is 1. The van der Waals surface area contributed by atoms with Crippen LogP contribution in [0.15, 0.2) is 37.2 Å². The third-order valence-electron chi connectivity index (χ3n) is 2.71. The molecule has 0 unspecified atom stereocenters. The highest BCUT2D eigenvalue weighted by atomic mass is 32.1. The smallest absolute Gasteiger partial charge is 0.345 e. The average Bonchev–Trinajstić information content (AvgIpc) is 3.01. The fourth-order valence-corrected chi connectivity index (χ4v) is 2.73. The molecule has 3 aromatic rings. The van der Waals surface area contributed by atoms with Gasteiger partial charge in [-0.2, -0.15) is 5.10 Å². The molecule has 0 spiro atoms. The van der Waals surface area contributed by atoms with Gasteiger partial charge in [-0.1, -0.05) is 12.7 Å². The lowest BCUT2D eigenvalue weighted by Gasteiger charge is -1.98. The van der Waals surface area contributed by atoms with Crippen LogP contribution >= 0.6 is 11.3 Å². The summed E-state index contributed by atoms with van der Waals surface area (Å²) in [5.74, 6) is -0.943. The second-order valence-electron chi connectivity index (χ2n) is 3.83. The molecule has 0 amide bonds. The molecule has 0 saturated carbocycles. The van der Waals surface area contributed by atoms with Crippen molar-refractivity contribution in [1.82, 2.24) is 14.6 Å². The minimum absolute atomic E-state index is 0.274. The van der Waals surface area contributed by atoms with E-state index in [4.69, 9.17) is 5.11 Å². The van der Waals surface area contributed by atoms with E-state index >= 15 is 0 Å². The standard InChI is InChI=1S/C13H9N3O2S/c1-2-10-8(6-11(19-10)13(17)18)9-7-14-12-4-3-5-15-16(9)12/h2-7H,1H2,(H,17,18). The molecule has 1 N–H and O–H groups in total. The fourth-order valence-electron chi connectivity index (χ4n) is 1.88. The van der Waals surface area contributed by atoms with Crippen molar-refractivity contribution in [2.45, 2.75) is 0 Å². The van der Waals surface area contributed by atoms with Crippen LogP contribution in [0, 0.1) is 0 Å². The van der Waals surface area contributed by atoms with Gasteiger partial charge in [0.1, 0.15) is 4.88 Å². The van der Waals surface area contributed by atoms with E-state index in [0.717, 1.165) is 21.8 Å². The monoisotopic (exact) mass is 271 g/mol. The number of hydrogen-bond acceptors (Lipinski definition) is 4. The van der Waals surface area contributed by atoms with Gasteiger partial charge in [-0.25, -0.2) is 14.3 Å². The third kappa shape index (κ3) is 1.82. The van der Waals surface area contributed by atoms with Gasteiger partial charge in [0.15, 0.2) is 5.65 Å². The predicted octanol–water partition coefficient (Wildman–Crippen LogP) is 2.80. The summed E-state index contributed by atoms with van der Waals surface area (Å²) in [6.45, 7) is 3.72. The Morgan fingerprint density at radius 3 is 3.11 bits per heavy atom. The molecule has 0 bridgehead atoms. The van der Waals surface area contributed by atoms with Gasteiger partial charge in [0.05, 0.1) is 11.9 Å². The average molecular weight is 271 g/mol. The van der Waals surface area contributed by atoms with Crippen LogP contribution in [0.3, 0.4) is 0 Å². The number of imidazole rings is 1. The van der Waals surface area contributed by atoms with Crippen LogP contribution < -0.4 is 0 Å². The molecule has 0 fully saturated rings. The van der Waals surface area contributed by atoms with Crippen LogP contribution in [0.4, 0.5) is 0 Å². The Morgan fingerprint density at radius 2 is 2.37 bits per heavy atom. The molecular weight excluding hydrogens is 262 g/mol. The first-order valence-electron chi connectivity index (χ1n) is 5.49. The number of nitrogens with zero attached hydrogens (tertiary/aromatic N) is 3. The van der Waals surface area contributed by atoms with E-state index in [0.29, 0.717) is 0 Å². The van der Waals surface area contributed by atoms with Gasteiger partial charge in [0, 0.05) is 16.6 Å². The van der Waals surface area contributed by atoms with Gasteiger partial charge >= 0.3 is 5.97 Å². The summed E-state index contributed by atoms with van der Waals surface area (Å²) in [7, 11) is 0. The fraction of sp³-hybridized carbons (Fsp3) is 0. The van der Waals surface area contributed by atoms with Crippen LogP contribution in [0.1, 0.15) is 14.5 Å². The minimum atomic E-state index is -0.943. The van der Waals surface area contributed by atoms with Crippen LogP contribution in [0.25, 0.3) is 23.0 Å². The molecule has 0 atom stereocenters. The normalized spacial score (nSPS) is 10.7. The summed E-state index contributed by atoms with van der Waals surface area (Å²) in [6, 6.07) is 5.27. The lowest BCUT2D eigenvalue weighted by Crippen LogP contribution is -1.93. The molecule has 3 aromatic heterocycles. The number of thiophene rings is 1. The zero-order valence-electron chi connectivity index (χ0n) is 9.78. The SMILES string of the molecule is C=Cc1sc(C(=O)O)cc1-c1cnc2cccnn12. The summed E-state index contributed by atoms with van der Waals surface area (Å²) >= 11 is 1.19. The van der Waals surface area contributed by atoms with Gasteiger partial charge < -0.3 is 5.11 Å². The van der Waals surface area contributed by atoms with Crippen LogP contribution in [-0.2, 0) is 0 Å². The first-order chi connectivity index (χ1) is 9.20. The topological polar surface area (TPSA) is 67.5 Å². The summed E-state index contributed by atoms with van der Waals surface area (Å²) in [6.07, 6.45) is 4.99. The predicted molar refractivity (Wildman–Crippen MR) is 73.4 cm³/mol. The van der Waals surface area contributed by atoms with Crippen molar-refractivity contribution in [1.29, 1.82) is 0 Å². The van der Waals surface area contributed by atoms with Crippen molar-refractivity contribution in [3.8, 4) is 11.3 Å². The van der Waals surface area contributed by atoms with Crippen molar-refractivity contribution in [3.63, 3.8) is 0 Å². The molecule has 5 nitrogen and oxygen atoms in total. The number of carboxylic acids is 1. The highest BCUT2D eigenvalue weighted by Gasteiger charge is 2.16. The van der Waals surface area contributed by atoms with Crippen LogP contribution in [-0.4, -0.2) is 25.7 Å². The third-order valence-corrected chi connectivity index (χ3v) is 3.83. The number of aromatic nitrogens is 3. The second-order valence-corrected chi connectivity index (χ2v) is 4.92. The van der Waals surface area contributed by atoms with E-state index in [1.54, 1.807) is 35.1 Å². The van der Waals surface area contributed by atoms with E-state index in [9.17, 15) is 4.79 Å². The first kappa shape index (κ1) is 11.6. The minimum Gasteiger partial charge on any atom is -0.477 e. The Morgan fingerprint density at radius 1 is 1.53 bits per heavy atom. The van der Waals surface area contributed by atoms with Crippen molar-refractivity contribution >= 4 is 29.0 Å². The maximum absolute atomic E-state index is 11.1. The molecular formula is C13H9N3O2S. The van der Waals surface area contributed by atoms with E-state index in [1.807, 2.05) is 6.07 Å². The van der Waals surface area contributed by atoms with Crippen molar-refractivity contribution in [2.24, 2.45) is 0 Å². The Hall–Kier alpha value is -2.47. The largest absolute Gasteiger partial charge is 0.477 e. The molecule has 6 heteroatoms. The second kappa shape index (κ2) is 4.33. The molecule has 0 aliphatic heterocycles. The molecule has 0 aliphatic carbocycles. The number of fused-ring (bicyclic) bond motifs is 1. The lowest BCUT2D eigenvalue weighted by molar-refractivity contribution is 0.0702. The highest BCUT2D eigenvalue weighted by molar-refractivity contribution is 7.15. The number of rotatable bonds is 3. The van der Waals surface area contributed by atoms with Gasteiger partial charge in [0.2, 0.25) is 0 Å². The van der Waals surface area contributed by atoms with Crippen molar-refractivity contribution in [3.05, 3.63) is 46.9 Å². The maximum Gasteiger partial charge on any atom is 0.345 e. The molecule has 0 aliphatic rings. The van der Waals surface area contributed by atoms with Crippen LogP contribution in [0.5, 0.6) is 0 Å². The summed E-state index contributed by atoms with van der Waals surface area (Å²) in [4.78, 5) is 16.4. The zero-order valence-corrected chi connectivity index (χ0v) is 10.6. The molecule has 3 rings (SSSR count). The zero-order chi connectivity index (χ0) is 13.4. The molecule has 0 aromatic carbocycles. The molecule has 94 valence electrons. The van der Waals surface area contributed by atoms with Crippen LogP contribution in [0.2, 0.25) is 0 Å². The maximum atomic E-state index is 11.1. The highest BCUT2D eigenvalue weighted by Crippen LogP contribution is 2.32. The Balaban J connectivity index is 2.26. The van der Waals surface area contributed by atoms with Gasteiger partial charge in [-0.15, -0.1) is 11.3 Å². The quantitative estimate of drug-likeness (QED) is 0.795. The van der Waals surface area contributed by atoms with E-state index in [2.05, 4.69) is 16.7 Å². The number of carboxylic acid groups (broad SMARTS) is 1. The Labute approximate surface area is 112 Å². The molecule has 0 saturated heterocycles. The molecule has 3 heterocycles. The molecule has 0 radical (unpaired) electrons. The number of aromatic carboxylic acids is 1. The summed E-state index contributed by atoms with van der Waals surface area (Å²) in [5, 5.41) is 13.3. The van der Waals surface area contributed by atoms with Gasteiger partial charge in [-0.3, -0.25) is 0 Å². The first-order valence-corrected chi connectivity index (χ1v) is 6.31. The van der Waals surface area contributed by atoms with Gasteiger partial charge in [-0.05, 0) is 18.2 Å². The van der Waals surface area contributed by atoms with E-state index in [1.165, 1.54) is 11.3 Å². The van der Waals surface area contributed by atoms with Crippen molar-refractivity contribution < 1.29 is 9.90 Å². The Bertz CT molecular complexity index is 788. The number of carbonyl (C=O) groups is 1. The summed E-state index contributed by atoms with van der Waals surface area (Å²) in [5.41, 5.74) is 2.26. The van der Waals surface area contributed by atoms with E-state index < -0.39 is 5.97 Å². The van der Waals surface area contributed by atoms with Gasteiger partial charge in [0.25, 0.3) is 0 Å². The lowest BCUT2D eigenvalue weighted by atomic mass is 10.2. The van der Waals surface area contributed by atoms with E-state index in [-0.39, 0.29) is 4.88 Å².